The largest absolute Gasteiger partial charge is 0.497 e. The third-order valence-electron chi connectivity index (χ3n) is 3.80. The number of hydrogen-bond donors (Lipinski definition) is 1. The van der Waals surface area contributed by atoms with Gasteiger partial charge < -0.3 is 9.72 Å². The first kappa shape index (κ1) is 11.2. The first-order valence-electron chi connectivity index (χ1n) is 6.47. The summed E-state index contributed by atoms with van der Waals surface area (Å²) in [6.45, 7) is 2.12. The van der Waals surface area contributed by atoms with Crippen LogP contribution in [0.15, 0.2) is 36.7 Å². The third-order valence-corrected chi connectivity index (χ3v) is 3.80. The summed E-state index contributed by atoms with van der Waals surface area (Å²) in [6.07, 6.45) is 3.60. The van der Waals surface area contributed by atoms with Crippen LogP contribution in [0.4, 0.5) is 0 Å². The Morgan fingerprint density at radius 2 is 2.05 bits per heavy atom. The Bertz CT molecular complexity index is 956. The number of hydrogen-bond acceptors (Lipinski definition) is 3. The van der Waals surface area contributed by atoms with E-state index in [9.17, 15) is 0 Å². The van der Waals surface area contributed by atoms with Crippen LogP contribution in [0.3, 0.4) is 0 Å². The molecule has 3 heterocycles. The highest BCUT2D eigenvalue weighted by Gasteiger charge is 2.12. The Balaban J connectivity index is 2.24. The van der Waals surface area contributed by atoms with E-state index >= 15 is 0 Å². The summed E-state index contributed by atoms with van der Waals surface area (Å²) in [7, 11) is 1.68. The quantitative estimate of drug-likeness (QED) is 0.571. The van der Waals surface area contributed by atoms with Crippen molar-refractivity contribution in [2.24, 2.45) is 0 Å². The smallest absolute Gasteiger partial charge is 0.139 e. The lowest BCUT2D eigenvalue weighted by atomic mass is 10.1. The minimum absolute atomic E-state index is 0.854. The van der Waals surface area contributed by atoms with E-state index in [1.807, 2.05) is 18.2 Å². The molecule has 20 heavy (non-hydrogen) atoms. The molecule has 4 aromatic rings. The van der Waals surface area contributed by atoms with Gasteiger partial charge in [-0.3, -0.25) is 4.98 Å². The van der Waals surface area contributed by atoms with Gasteiger partial charge in [-0.05, 0) is 36.8 Å². The van der Waals surface area contributed by atoms with Gasteiger partial charge in [0, 0.05) is 27.9 Å². The van der Waals surface area contributed by atoms with Crippen molar-refractivity contribution in [1.82, 2.24) is 15.0 Å². The number of aromatic nitrogens is 3. The first-order chi connectivity index (χ1) is 9.78. The fourth-order valence-corrected chi connectivity index (χ4v) is 2.79. The standard InChI is InChI=1S/C16H13N3O/c1-9-11-5-6-17-8-14(11)19-16-15(9)12-7-10(20-2)3-4-13(12)18-16/h3-8H,1-2H3,(H,18,19). The van der Waals surface area contributed by atoms with Crippen molar-refractivity contribution in [1.29, 1.82) is 0 Å². The molecule has 4 heteroatoms. The number of benzene rings is 1. The maximum Gasteiger partial charge on any atom is 0.139 e. The predicted molar refractivity (Wildman–Crippen MR) is 80.2 cm³/mol. The molecule has 4 nitrogen and oxygen atoms in total. The van der Waals surface area contributed by atoms with Gasteiger partial charge in [0.25, 0.3) is 0 Å². The van der Waals surface area contributed by atoms with Gasteiger partial charge in [0.15, 0.2) is 0 Å². The second-order valence-corrected chi connectivity index (χ2v) is 4.89. The lowest BCUT2D eigenvalue weighted by Crippen LogP contribution is -1.87. The molecule has 0 saturated carbocycles. The Labute approximate surface area is 115 Å². The van der Waals surface area contributed by atoms with Gasteiger partial charge in [0.2, 0.25) is 0 Å². The SMILES string of the molecule is COc1ccc2[nH]c3nc4cnccc4c(C)c3c2c1. The van der Waals surface area contributed by atoms with Crippen molar-refractivity contribution in [3.63, 3.8) is 0 Å². The topological polar surface area (TPSA) is 50.8 Å². The monoisotopic (exact) mass is 263 g/mol. The Kier molecular flexibility index (Phi) is 2.21. The number of rotatable bonds is 1. The average molecular weight is 263 g/mol. The molecule has 0 aliphatic rings. The molecule has 0 spiro atoms. The fraction of sp³-hybridized carbons (Fsp3) is 0.125. The molecule has 0 amide bonds. The van der Waals surface area contributed by atoms with Crippen molar-refractivity contribution in [2.75, 3.05) is 7.11 Å². The van der Waals surface area contributed by atoms with Crippen LogP contribution in [-0.2, 0) is 0 Å². The highest BCUT2D eigenvalue weighted by molar-refractivity contribution is 6.12. The van der Waals surface area contributed by atoms with E-state index < -0.39 is 0 Å². The number of ether oxygens (including phenoxy) is 1. The number of methoxy groups -OCH3 is 1. The number of aryl methyl sites for hydroxylation is 1. The van der Waals surface area contributed by atoms with Crippen molar-refractivity contribution >= 4 is 32.8 Å². The minimum Gasteiger partial charge on any atom is -0.497 e. The summed E-state index contributed by atoms with van der Waals surface area (Å²) in [5, 5.41) is 3.43. The van der Waals surface area contributed by atoms with Crippen LogP contribution >= 0.6 is 0 Å². The molecule has 3 aromatic heterocycles. The zero-order valence-corrected chi connectivity index (χ0v) is 11.3. The van der Waals surface area contributed by atoms with Crippen LogP contribution < -0.4 is 4.74 Å². The van der Waals surface area contributed by atoms with Crippen LogP contribution in [0.2, 0.25) is 0 Å². The van der Waals surface area contributed by atoms with E-state index in [-0.39, 0.29) is 0 Å². The molecule has 0 aliphatic carbocycles. The number of aromatic amines is 1. The van der Waals surface area contributed by atoms with E-state index in [0.717, 1.165) is 38.6 Å². The second-order valence-electron chi connectivity index (χ2n) is 4.89. The van der Waals surface area contributed by atoms with Crippen molar-refractivity contribution in [3.8, 4) is 5.75 Å². The van der Waals surface area contributed by atoms with Gasteiger partial charge in [0.1, 0.15) is 11.4 Å². The Morgan fingerprint density at radius 3 is 2.90 bits per heavy atom. The maximum absolute atomic E-state index is 5.32. The minimum atomic E-state index is 0.854. The summed E-state index contributed by atoms with van der Waals surface area (Å²) >= 11 is 0. The van der Waals surface area contributed by atoms with Gasteiger partial charge in [0.05, 0.1) is 18.8 Å². The normalized spacial score (nSPS) is 11.5. The summed E-state index contributed by atoms with van der Waals surface area (Å²) in [5.41, 5.74) is 4.09. The highest BCUT2D eigenvalue weighted by atomic mass is 16.5. The van der Waals surface area contributed by atoms with Gasteiger partial charge in [-0.15, -0.1) is 0 Å². The molecule has 0 radical (unpaired) electrons. The van der Waals surface area contributed by atoms with Gasteiger partial charge in [-0.25, -0.2) is 4.98 Å². The number of pyridine rings is 2. The zero-order chi connectivity index (χ0) is 13.7. The zero-order valence-electron chi connectivity index (χ0n) is 11.3. The lowest BCUT2D eigenvalue weighted by Gasteiger charge is -2.03. The van der Waals surface area contributed by atoms with Crippen LogP contribution in [0.5, 0.6) is 5.75 Å². The Hall–Kier alpha value is -2.62. The molecule has 0 aliphatic heterocycles. The molecular weight excluding hydrogens is 250 g/mol. The fourth-order valence-electron chi connectivity index (χ4n) is 2.79. The van der Waals surface area contributed by atoms with Crippen molar-refractivity contribution < 1.29 is 4.74 Å². The predicted octanol–water partition coefficient (Wildman–Crippen LogP) is 3.58. The maximum atomic E-state index is 5.32. The number of nitrogens with one attached hydrogen (secondary N) is 1. The molecule has 0 fully saturated rings. The van der Waals surface area contributed by atoms with E-state index in [4.69, 9.17) is 4.74 Å². The van der Waals surface area contributed by atoms with E-state index in [0.29, 0.717) is 0 Å². The third kappa shape index (κ3) is 1.42. The molecule has 4 rings (SSSR count). The van der Waals surface area contributed by atoms with Crippen LogP contribution in [0.25, 0.3) is 32.8 Å². The summed E-state index contributed by atoms with van der Waals surface area (Å²) in [6, 6.07) is 8.04. The van der Waals surface area contributed by atoms with Gasteiger partial charge >= 0.3 is 0 Å². The van der Waals surface area contributed by atoms with Gasteiger partial charge in [-0.1, -0.05) is 0 Å². The van der Waals surface area contributed by atoms with Crippen LogP contribution in [-0.4, -0.2) is 22.1 Å². The molecule has 0 saturated heterocycles. The Morgan fingerprint density at radius 1 is 1.15 bits per heavy atom. The average Bonchev–Trinajstić information content (AvgIpc) is 2.84. The molecule has 1 aromatic carbocycles. The van der Waals surface area contributed by atoms with Crippen molar-refractivity contribution in [2.45, 2.75) is 6.92 Å². The first-order valence-corrected chi connectivity index (χ1v) is 6.47. The van der Waals surface area contributed by atoms with Crippen LogP contribution in [0, 0.1) is 6.92 Å². The van der Waals surface area contributed by atoms with Gasteiger partial charge in [-0.2, -0.15) is 0 Å². The molecule has 0 unspecified atom stereocenters. The summed E-state index contributed by atoms with van der Waals surface area (Å²) < 4.78 is 5.32. The highest BCUT2D eigenvalue weighted by Crippen LogP contribution is 2.32. The van der Waals surface area contributed by atoms with Crippen LogP contribution in [0.1, 0.15) is 5.56 Å². The number of fused-ring (bicyclic) bond motifs is 4. The molecule has 98 valence electrons. The number of H-pyrrole nitrogens is 1. The summed E-state index contributed by atoms with van der Waals surface area (Å²) in [5.74, 6) is 0.854. The molecule has 0 atom stereocenters. The lowest BCUT2D eigenvalue weighted by molar-refractivity contribution is 0.415. The van der Waals surface area contributed by atoms with E-state index in [2.05, 4.69) is 27.9 Å². The number of nitrogens with zero attached hydrogens (tertiary/aromatic N) is 2. The summed E-state index contributed by atoms with van der Waals surface area (Å²) in [4.78, 5) is 12.2. The van der Waals surface area contributed by atoms with E-state index in [1.165, 1.54) is 5.56 Å². The van der Waals surface area contributed by atoms with E-state index in [1.54, 1.807) is 19.5 Å². The molecule has 0 bridgehead atoms. The second kappa shape index (κ2) is 3.93. The molecule has 1 N–H and O–H groups in total. The van der Waals surface area contributed by atoms with Crippen molar-refractivity contribution in [3.05, 3.63) is 42.2 Å². The molecular formula is C16H13N3O.